The number of amides is 1. The van der Waals surface area contributed by atoms with Crippen LogP contribution < -0.4 is 15.4 Å². The van der Waals surface area contributed by atoms with Gasteiger partial charge in [-0.15, -0.1) is 0 Å². The minimum Gasteiger partial charge on any atom is -0.496 e. The Labute approximate surface area is 138 Å². The highest BCUT2D eigenvalue weighted by atomic mass is 16.5. The second kappa shape index (κ2) is 10.5. The molecule has 1 amide bonds. The number of carbonyl (C=O) groups excluding carboxylic acids is 1. The molecule has 0 fully saturated rings. The zero-order valence-electron chi connectivity index (χ0n) is 14.6. The van der Waals surface area contributed by atoms with Crippen molar-refractivity contribution < 1.29 is 9.53 Å². The minimum atomic E-state index is 0.0576. The third kappa shape index (κ3) is 6.59. The summed E-state index contributed by atoms with van der Waals surface area (Å²) in [6.45, 7) is 3.98. The van der Waals surface area contributed by atoms with Gasteiger partial charge in [-0.25, -0.2) is 0 Å². The van der Waals surface area contributed by atoms with E-state index in [0.717, 1.165) is 30.2 Å². The first kappa shape index (κ1) is 18.8. The van der Waals surface area contributed by atoms with Gasteiger partial charge in [0, 0.05) is 45.7 Å². The van der Waals surface area contributed by atoms with Gasteiger partial charge in [-0.2, -0.15) is 0 Å². The van der Waals surface area contributed by atoms with Crippen LogP contribution in [0.3, 0.4) is 0 Å². The largest absolute Gasteiger partial charge is 0.496 e. The SMILES string of the molecule is CCCNC(=O)CCNC(=NC)N(C)Cc1ccccc1OC. The Kier molecular flexibility index (Phi) is 8.57. The van der Waals surface area contributed by atoms with E-state index in [0.29, 0.717) is 19.5 Å². The van der Waals surface area contributed by atoms with Crippen molar-refractivity contribution in [3.8, 4) is 5.75 Å². The predicted molar refractivity (Wildman–Crippen MR) is 93.7 cm³/mol. The van der Waals surface area contributed by atoms with Crippen LogP contribution in [0.15, 0.2) is 29.3 Å². The quantitative estimate of drug-likeness (QED) is 0.564. The maximum Gasteiger partial charge on any atom is 0.221 e. The molecule has 0 atom stereocenters. The van der Waals surface area contributed by atoms with Crippen LogP contribution >= 0.6 is 0 Å². The highest BCUT2D eigenvalue weighted by Crippen LogP contribution is 2.18. The molecule has 1 aromatic carbocycles. The summed E-state index contributed by atoms with van der Waals surface area (Å²) in [6.07, 6.45) is 1.38. The van der Waals surface area contributed by atoms with Crippen LogP contribution in [-0.4, -0.2) is 51.1 Å². The van der Waals surface area contributed by atoms with Gasteiger partial charge in [-0.3, -0.25) is 9.79 Å². The normalized spacial score (nSPS) is 11.0. The second-order valence-electron chi connectivity index (χ2n) is 5.24. The fraction of sp³-hybridized carbons (Fsp3) is 0.529. The Morgan fingerprint density at radius 3 is 2.65 bits per heavy atom. The first-order valence-electron chi connectivity index (χ1n) is 7.92. The van der Waals surface area contributed by atoms with Crippen LogP contribution in [0.5, 0.6) is 5.75 Å². The number of carbonyl (C=O) groups is 1. The molecule has 0 spiro atoms. The summed E-state index contributed by atoms with van der Waals surface area (Å²) in [5.74, 6) is 1.66. The molecule has 2 N–H and O–H groups in total. The Bertz CT molecular complexity index is 517. The van der Waals surface area contributed by atoms with E-state index < -0.39 is 0 Å². The monoisotopic (exact) mass is 320 g/mol. The van der Waals surface area contributed by atoms with Gasteiger partial charge in [-0.05, 0) is 12.5 Å². The highest BCUT2D eigenvalue weighted by Gasteiger charge is 2.10. The van der Waals surface area contributed by atoms with E-state index in [4.69, 9.17) is 4.74 Å². The molecule has 0 radical (unpaired) electrons. The van der Waals surface area contributed by atoms with E-state index >= 15 is 0 Å². The molecule has 0 aliphatic rings. The van der Waals surface area contributed by atoms with Crippen LogP contribution in [0.2, 0.25) is 0 Å². The third-order valence-electron chi connectivity index (χ3n) is 3.38. The maximum absolute atomic E-state index is 11.6. The van der Waals surface area contributed by atoms with Crippen molar-refractivity contribution in [3.05, 3.63) is 29.8 Å². The lowest BCUT2D eigenvalue weighted by atomic mass is 10.2. The lowest BCUT2D eigenvalue weighted by Crippen LogP contribution is -2.40. The topological polar surface area (TPSA) is 66.0 Å². The molecule has 6 nitrogen and oxygen atoms in total. The average molecular weight is 320 g/mol. The molecular weight excluding hydrogens is 292 g/mol. The van der Waals surface area contributed by atoms with Crippen LogP contribution in [-0.2, 0) is 11.3 Å². The van der Waals surface area contributed by atoms with Gasteiger partial charge in [0.1, 0.15) is 5.75 Å². The van der Waals surface area contributed by atoms with Gasteiger partial charge in [-0.1, -0.05) is 25.1 Å². The Morgan fingerprint density at radius 2 is 2.00 bits per heavy atom. The maximum atomic E-state index is 11.6. The van der Waals surface area contributed by atoms with Crippen molar-refractivity contribution in [1.82, 2.24) is 15.5 Å². The Balaban J connectivity index is 2.49. The molecule has 0 aliphatic heterocycles. The lowest BCUT2D eigenvalue weighted by Gasteiger charge is -2.23. The fourth-order valence-electron chi connectivity index (χ4n) is 2.19. The number of nitrogens with zero attached hydrogens (tertiary/aromatic N) is 2. The number of para-hydroxylation sites is 1. The zero-order chi connectivity index (χ0) is 17.1. The Hall–Kier alpha value is -2.24. The number of methoxy groups -OCH3 is 1. The van der Waals surface area contributed by atoms with Gasteiger partial charge >= 0.3 is 0 Å². The molecule has 0 heterocycles. The molecular formula is C17H28N4O2. The first-order valence-corrected chi connectivity index (χ1v) is 7.92. The van der Waals surface area contributed by atoms with Crippen LogP contribution in [0.25, 0.3) is 0 Å². The molecule has 1 aromatic rings. The van der Waals surface area contributed by atoms with E-state index in [9.17, 15) is 4.79 Å². The highest BCUT2D eigenvalue weighted by molar-refractivity contribution is 5.81. The fourth-order valence-corrected chi connectivity index (χ4v) is 2.19. The minimum absolute atomic E-state index is 0.0576. The molecule has 0 saturated heterocycles. The van der Waals surface area contributed by atoms with Crippen LogP contribution in [0, 0.1) is 0 Å². The van der Waals surface area contributed by atoms with Crippen molar-refractivity contribution >= 4 is 11.9 Å². The summed E-state index contributed by atoms with van der Waals surface area (Å²) in [5.41, 5.74) is 1.08. The van der Waals surface area contributed by atoms with Gasteiger partial charge in [0.15, 0.2) is 5.96 Å². The number of ether oxygens (including phenoxy) is 1. The molecule has 0 unspecified atom stereocenters. The number of hydrogen-bond acceptors (Lipinski definition) is 3. The number of hydrogen-bond donors (Lipinski definition) is 2. The average Bonchev–Trinajstić information content (AvgIpc) is 2.57. The Morgan fingerprint density at radius 1 is 1.26 bits per heavy atom. The van der Waals surface area contributed by atoms with E-state index in [1.54, 1.807) is 14.2 Å². The molecule has 1 rings (SSSR count). The van der Waals surface area contributed by atoms with Crippen molar-refractivity contribution in [2.45, 2.75) is 26.3 Å². The molecule has 0 bridgehead atoms. The van der Waals surface area contributed by atoms with Crippen molar-refractivity contribution in [3.63, 3.8) is 0 Å². The summed E-state index contributed by atoms with van der Waals surface area (Å²) in [4.78, 5) is 17.9. The lowest BCUT2D eigenvalue weighted by molar-refractivity contribution is -0.120. The smallest absolute Gasteiger partial charge is 0.221 e. The predicted octanol–water partition coefficient (Wildman–Crippen LogP) is 1.62. The van der Waals surface area contributed by atoms with Crippen molar-refractivity contribution in [2.75, 3.05) is 34.3 Å². The van der Waals surface area contributed by atoms with Crippen LogP contribution in [0.4, 0.5) is 0 Å². The van der Waals surface area contributed by atoms with Gasteiger partial charge in [0.25, 0.3) is 0 Å². The summed E-state index contributed by atoms with van der Waals surface area (Å²) >= 11 is 0. The number of benzene rings is 1. The molecule has 0 aromatic heterocycles. The van der Waals surface area contributed by atoms with Gasteiger partial charge in [0.05, 0.1) is 7.11 Å². The molecule has 6 heteroatoms. The molecule has 0 aliphatic carbocycles. The van der Waals surface area contributed by atoms with E-state index in [-0.39, 0.29) is 5.91 Å². The van der Waals surface area contributed by atoms with E-state index in [2.05, 4.69) is 15.6 Å². The number of guanidine groups is 1. The summed E-state index contributed by atoms with van der Waals surface area (Å²) < 4.78 is 5.37. The van der Waals surface area contributed by atoms with Gasteiger partial charge in [0.2, 0.25) is 5.91 Å². The van der Waals surface area contributed by atoms with Crippen LogP contribution in [0.1, 0.15) is 25.3 Å². The van der Waals surface area contributed by atoms with Gasteiger partial charge < -0.3 is 20.3 Å². The van der Waals surface area contributed by atoms with E-state index in [1.165, 1.54) is 0 Å². The van der Waals surface area contributed by atoms with Crippen molar-refractivity contribution in [2.24, 2.45) is 4.99 Å². The summed E-state index contributed by atoms with van der Waals surface area (Å²) in [6, 6.07) is 7.91. The number of nitrogens with one attached hydrogen (secondary N) is 2. The van der Waals surface area contributed by atoms with Crippen molar-refractivity contribution in [1.29, 1.82) is 0 Å². The summed E-state index contributed by atoms with van der Waals surface area (Å²) in [5, 5.41) is 6.07. The number of rotatable bonds is 8. The van der Waals surface area contributed by atoms with E-state index in [1.807, 2.05) is 43.1 Å². The third-order valence-corrected chi connectivity index (χ3v) is 3.38. The molecule has 0 saturated carbocycles. The molecule has 23 heavy (non-hydrogen) atoms. The summed E-state index contributed by atoms with van der Waals surface area (Å²) in [7, 11) is 5.36. The second-order valence-corrected chi connectivity index (χ2v) is 5.24. The molecule has 128 valence electrons. The first-order chi connectivity index (χ1) is 11.1. The number of aliphatic imine (C=N–C) groups is 1. The standard InChI is InChI=1S/C17H28N4O2/c1-5-11-19-16(22)10-12-20-17(18-2)21(3)13-14-8-6-7-9-15(14)23-4/h6-9H,5,10-13H2,1-4H3,(H,18,20)(H,19,22). The zero-order valence-corrected chi connectivity index (χ0v) is 14.6.